The van der Waals surface area contributed by atoms with E-state index in [1.54, 1.807) is 13.1 Å². The molecule has 0 spiro atoms. The van der Waals surface area contributed by atoms with E-state index in [4.69, 9.17) is 14.9 Å². The van der Waals surface area contributed by atoms with Crippen LogP contribution in [0, 0.1) is 12.8 Å². The second kappa shape index (κ2) is 10.2. The number of pyridine rings is 1. The minimum Gasteiger partial charge on any atom is -0.489 e. The van der Waals surface area contributed by atoms with E-state index in [9.17, 15) is 13.6 Å². The number of carbonyl (C=O) groups is 1. The normalized spacial score (nSPS) is 14.2. The van der Waals surface area contributed by atoms with Crippen LogP contribution in [-0.4, -0.2) is 29.1 Å². The van der Waals surface area contributed by atoms with Gasteiger partial charge in [0, 0.05) is 11.8 Å². The van der Waals surface area contributed by atoms with Crippen molar-refractivity contribution in [2.45, 2.75) is 45.9 Å². The van der Waals surface area contributed by atoms with Crippen molar-refractivity contribution in [3.05, 3.63) is 59.2 Å². The lowest BCUT2D eigenvalue weighted by Gasteiger charge is -2.12. The van der Waals surface area contributed by atoms with E-state index >= 15 is 0 Å². The molecule has 0 radical (unpaired) electrons. The number of nitrogens with zero attached hydrogens (tertiary/aromatic N) is 2. The monoisotopic (exact) mass is 472 g/mol. The summed E-state index contributed by atoms with van der Waals surface area (Å²) in [5, 5.41) is 2.77. The molecule has 0 aliphatic heterocycles. The second-order valence-electron chi connectivity index (χ2n) is 8.32. The Morgan fingerprint density at radius 1 is 1.26 bits per heavy atom. The predicted octanol–water partition coefficient (Wildman–Crippen LogP) is 4.38. The molecule has 0 bridgehead atoms. The van der Waals surface area contributed by atoms with Gasteiger partial charge in [0.25, 0.3) is 5.91 Å². The van der Waals surface area contributed by atoms with E-state index in [-0.39, 0.29) is 35.4 Å². The number of ether oxygens (including phenoxy) is 2. The molecule has 2 heterocycles. The highest BCUT2D eigenvalue weighted by molar-refractivity contribution is 5.93. The number of amides is 1. The molecule has 4 rings (SSSR count). The summed E-state index contributed by atoms with van der Waals surface area (Å²) in [4.78, 5) is 21.4. The van der Waals surface area contributed by atoms with Gasteiger partial charge in [0.2, 0.25) is 5.89 Å². The van der Waals surface area contributed by atoms with Crippen LogP contribution < -0.4 is 20.5 Å². The Bertz CT molecular complexity index is 1140. The van der Waals surface area contributed by atoms with E-state index < -0.39 is 18.6 Å². The molecular formula is C24H26F2N4O4. The molecule has 1 atom stereocenters. The number of hydrogen-bond donors (Lipinski definition) is 2. The van der Waals surface area contributed by atoms with Gasteiger partial charge in [-0.1, -0.05) is 6.07 Å². The van der Waals surface area contributed by atoms with Crippen LogP contribution in [0.1, 0.15) is 53.3 Å². The molecule has 180 valence electrons. The van der Waals surface area contributed by atoms with Crippen molar-refractivity contribution in [3.63, 3.8) is 0 Å². The number of rotatable bonds is 10. The van der Waals surface area contributed by atoms with E-state index in [0.717, 1.165) is 18.4 Å². The summed E-state index contributed by atoms with van der Waals surface area (Å²) in [6, 6.07) is 7.50. The van der Waals surface area contributed by atoms with Crippen LogP contribution in [0.2, 0.25) is 0 Å². The van der Waals surface area contributed by atoms with Gasteiger partial charge >= 0.3 is 6.61 Å². The lowest BCUT2D eigenvalue weighted by molar-refractivity contribution is -0.0515. The number of benzene rings is 1. The van der Waals surface area contributed by atoms with Crippen LogP contribution in [0.4, 0.5) is 8.78 Å². The topological polar surface area (TPSA) is 112 Å². The van der Waals surface area contributed by atoms with Gasteiger partial charge in [0.15, 0.2) is 23.0 Å². The Balaban J connectivity index is 1.57. The Labute approximate surface area is 195 Å². The lowest BCUT2D eigenvalue weighted by atomic mass is 10.2. The molecule has 1 aromatic carbocycles. The number of oxazole rings is 1. The van der Waals surface area contributed by atoms with Crippen LogP contribution in [0.3, 0.4) is 0 Å². The first kappa shape index (κ1) is 23.6. The zero-order chi connectivity index (χ0) is 24.2. The Morgan fingerprint density at radius 3 is 2.71 bits per heavy atom. The van der Waals surface area contributed by atoms with E-state index in [2.05, 4.69) is 20.0 Å². The maximum Gasteiger partial charge on any atom is 0.387 e. The summed E-state index contributed by atoms with van der Waals surface area (Å²) in [7, 11) is 0. The molecule has 10 heteroatoms. The van der Waals surface area contributed by atoms with Crippen LogP contribution in [0.15, 0.2) is 40.9 Å². The molecular weight excluding hydrogens is 446 g/mol. The second-order valence-corrected chi connectivity index (χ2v) is 8.32. The average molecular weight is 472 g/mol. The van der Waals surface area contributed by atoms with Crippen LogP contribution >= 0.6 is 0 Å². The van der Waals surface area contributed by atoms with Crippen molar-refractivity contribution < 1.29 is 27.5 Å². The molecule has 3 aromatic rings. The third kappa shape index (κ3) is 5.88. The molecule has 1 amide bonds. The van der Waals surface area contributed by atoms with E-state index in [1.165, 1.54) is 18.2 Å². The van der Waals surface area contributed by atoms with E-state index in [0.29, 0.717) is 23.8 Å². The van der Waals surface area contributed by atoms with Crippen LogP contribution in [-0.2, 0) is 6.54 Å². The third-order valence-corrected chi connectivity index (χ3v) is 5.26. The molecule has 2 aromatic heterocycles. The molecule has 8 nitrogen and oxygen atoms in total. The SMILES string of the molecule is Cc1ccc(CNC(=O)c2nc(-c3ccc(OC(F)F)c(OCC4CC4)c3)oc2C(C)N)nc1. The zero-order valence-electron chi connectivity index (χ0n) is 18.9. The quantitative estimate of drug-likeness (QED) is 0.450. The standard InChI is InChI=1S/C24H26F2N4O4/c1-13-3-7-17(28-10-13)11-29-22(31)20-21(14(2)27)34-23(30-20)16-6-8-18(33-24(25)26)19(9-16)32-12-15-4-5-15/h3,6-10,14-15,24H,4-5,11-12,27H2,1-2H3,(H,29,31). The fraction of sp³-hybridized carbons (Fsp3) is 0.375. The van der Waals surface area contributed by atoms with Gasteiger partial charge < -0.3 is 24.9 Å². The van der Waals surface area contributed by atoms with Crippen molar-refractivity contribution in [2.24, 2.45) is 11.7 Å². The molecule has 1 aliphatic carbocycles. The van der Waals surface area contributed by atoms with Gasteiger partial charge in [0.1, 0.15) is 0 Å². The Hall–Kier alpha value is -3.53. The summed E-state index contributed by atoms with van der Waals surface area (Å²) in [6.07, 6.45) is 3.80. The summed E-state index contributed by atoms with van der Waals surface area (Å²) in [5.41, 5.74) is 8.20. The van der Waals surface area contributed by atoms with Crippen LogP contribution in [0.25, 0.3) is 11.5 Å². The fourth-order valence-corrected chi connectivity index (χ4v) is 3.22. The highest BCUT2D eigenvalue weighted by Crippen LogP contribution is 2.37. The highest BCUT2D eigenvalue weighted by Gasteiger charge is 2.26. The van der Waals surface area contributed by atoms with Crippen molar-refractivity contribution in [1.29, 1.82) is 0 Å². The Morgan fingerprint density at radius 2 is 2.06 bits per heavy atom. The van der Waals surface area contributed by atoms with Crippen molar-refractivity contribution in [3.8, 4) is 23.0 Å². The highest BCUT2D eigenvalue weighted by atomic mass is 19.3. The smallest absolute Gasteiger partial charge is 0.387 e. The minimum absolute atomic E-state index is 0.0467. The third-order valence-electron chi connectivity index (χ3n) is 5.26. The molecule has 1 fully saturated rings. The number of hydrogen-bond acceptors (Lipinski definition) is 7. The van der Waals surface area contributed by atoms with Gasteiger partial charge in [-0.15, -0.1) is 0 Å². The van der Waals surface area contributed by atoms with Gasteiger partial charge in [-0.2, -0.15) is 8.78 Å². The minimum atomic E-state index is -2.99. The maximum atomic E-state index is 12.8. The first-order valence-corrected chi connectivity index (χ1v) is 11.0. The molecule has 34 heavy (non-hydrogen) atoms. The molecule has 1 unspecified atom stereocenters. The van der Waals surface area contributed by atoms with Crippen molar-refractivity contribution >= 4 is 5.91 Å². The van der Waals surface area contributed by atoms with E-state index in [1.807, 2.05) is 19.1 Å². The van der Waals surface area contributed by atoms with Crippen molar-refractivity contribution in [2.75, 3.05) is 6.61 Å². The van der Waals surface area contributed by atoms with Gasteiger partial charge in [-0.3, -0.25) is 9.78 Å². The number of nitrogens with two attached hydrogens (primary N) is 1. The first-order valence-electron chi connectivity index (χ1n) is 11.0. The number of alkyl halides is 2. The molecule has 3 N–H and O–H groups in total. The molecule has 1 aliphatic rings. The lowest BCUT2D eigenvalue weighted by Crippen LogP contribution is -2.25. The summed E-state index contributed by atoms with van der Waals surface area (Å²) in [5.74, 6) is 0.340. The number of carbonyl (C=O) groups excluding carboxylic acids is 1. The van der Waals surface area contributed by atoms with Gasteiger partial charge in [-0.25, -0.2) is 4.98 Å². The number of aryl methyl sites for hydroxylation is 1. The predicted molar refractivity (Wildman–Crippen MR) is 120 cm³/mol. The summed E-state index contributed by atoms with van der Waals surface area (Å²) >= 11 is 0. The average Bonchev–Trinajstić information content (AvgIpc) is 3.52. The number of aromatic nitrogens is 2. The van der Waals surface area contributed by atoms with Crippen LogP contribution in [0.5, 0.6) is 11.5 Å². The maximum absolute atomic E-state index is 12.8. The fourth-order valence-electron chi connectivity index (χ4n) is 3.22. The Kier molecular flexibility index (Phi) is 7.06. The number of nitrogens with one attached hydrogen (secondary N) is 1. The van der Waals surface area contributed by atoms with Gasteiger partial charge in [0.05, 0.1) is 24.9 Å². The van der Waals surface area contributed by atoms with Gasteiger partial charge in [-0.05, 0) is 62.4 Å². The first-order chi connectivity index (χ1) is 16.3. The number of halogens is 2. The molecule has 0 saturated heterocycles. The summed E-state index contributed by atoms with van der Waals surface area (Å²) < 4.78 is 41.7. The molecule has 1 saturated carbocycles. The van der Waals surface area contributed by atoms with Crippen molar-refractivity contribution in [1.82, 2.24) is 15.3 Å². The summed E-state index contributed by atoms with van der Waals surface area (Å²) in [6.45, 7) is 1.22. The zero-order valence-corrected chi connectivity index (χ0v) is 18.9. The largest absolute Gasteiger partial charge is 0.489 e.